The molecule has 0 aliphatic carbocycles. The molecule has 1 heterocycles. The van der Waals surface area contributed by atoms with Gasteiger partial charge in [0.25, 0.3) is 0 Å². The van der Waals surface area contributed by atoms with Crippen LogP contribution in [0.5, 0.6) is 5.75 Å². The molecule has 0 saturated carbocycles. The van der Waals surface area contributed by atoms with Crippen molar-refractivity contribution in [3.8, 4) is 5.75 Å². The number of aliphatic hydroxyl groups excluding tert-OH is 1. The molecule has 0 saturated heterocycles. The van der Waals surface area contributed by atoms with E-state index in [2.05, 4.69) is 9.97 Å². The van der Waals surface area contributed by atoms with Crippen LogP contribution >= 0.6 is 0 Å². The Morgan fingerprint density at radius 1 is 1.22 bits per heavy atom. The highest BCUT2D eigenvalue weighted by molar-refractivity contribution is 5.39. The zero-order chi connectivity index (χ0) is 13.1. The molecule has 1 aromatic carbocycles. The van der Waals surface area contributed by atoms with Crippen LogP contribution in [-0.2, 0) is 0 Å². The van der Waals surface area contributed by atoms with Gasteiger partial charge in [-0.3, -0.25) is 0 Å². The number of aromatic nitrogens is 2. The van der Waals surface area contributed by atoms with E-state index in [-0.39, 0.29) is 5.56 Å². The Bertz CT molecular complexity index is 564. The van der Waals surface area contributed by atoms with Crippen molar-refractivity contribution in [2.75, 3.05) is 7.11 Å². The predicted molar refractivity (Wildman–Crippen MR) is 59.0 cm³/mol. The number of ether oxygens (including phenoxy) is 1. The Labute approximate surface area is 102 Å². The Morgan fingerprint density at radius 2 is 1.94 bits per heavy atom. The van der Waals surface area contributed by atoms with E-state index in [9.17, 15) is 13.9 Å². The molecule has 1 atom stereocenters. The Kier molecular flexibility index (Phi) is 3.47. The molecular weight excluding hydrogens is 242 g/mol. The molecule has 94 valence electrons. The van der Waals surface area contributed by atoms with Gasteiger partial charge in [0, 0.05) is 11.8 Å². The molecule has 1 unspecified atom stereocenters. The highest BCUT2D eigenvalue weighted by Crippen LogP contribution is 2.30. The lowest BCUT2D eigenvalue weighted by atomic mass is 10.0. The summed E-state index contributed by atoms with van der Waals surface area (Å²) >= 11 is 0. The van der Waals surface area contributed by atoms with E-state index in [1.54, 1.807) is 24.3 Å². The van der Waals surface area contributed by atoms with E-state index in [1.807, 2.05) is 0 Å². The van der Waals surface area contributed by atoms with E-state index in [0.29, 0.717) is 11.3 Å². The normalized spacial score (nSPS) is 12.2. The molecule has 1 N–H and O–H groups in total. The third-order valence-corrected chi connectivity index (χ3v) is 2.47. The predicted octanol–water partition coefficient (Wildman–Crippen LogP) is 1.85. The van der Waals surface area contributed by atoms with Crippen LogP contribution in [0.2, 0.25) is 0 Å². The maximum Gasteiger partial charge on any atom is 0.311 e. The van der Waals surface area contributed by atoms with Gasteiger partial charge in [-0.2, -0.15) is 13.8 Å². The van der Waals surface area contributed by atoms with Crippen molar-refractivity contribution in [1.29, 1.82) is 0 Å². The van der Waals surface area contributed by atoms with Gasteiger partial charge < -0.3 is 9.84 Å². The molecule has 18 heavy (non-hydrogen) atoms. The summed E-state index contributed by atoms with van der Waals surface area (Å²) in [6, 6.07) is 6.59. The average molecular weight is 252 g/mol. The molecule has 2 rings (SSSR count). The van der Waals surface area contributed by atoms with Crippen molar-refractivity contribution in [3.05, 3.63) is 53.6 Å². The second-order valence-corrected chi connectivity index (χ2v) is 3.53. The van der Waals surface area contributed by atoms with Crippen LogP contribution in [0, 0.1) is 12.0 Å². The van der Waals surface area contributed by atoms with Crippen LogP contribution in [0.1, 0.15) is 17.2 Å². The van der Waals surface area contributed by atoms with E-state index in [4.69, 9.17) is 4.74 Å². The molecule has 0 bridgehead atoms. The van der Waals surface area contributed by atoms with Crippen molar-refractivity contribution in [3.63, 3.8) is 0 Å². The first-order chi connectivity index (χ1) is 8.63. The van der Waals surface area contributed by atoms with E-state index in [0.717, 1.165) is 6.20 Å². The van der Waals surface area contributed by atoms with Crippen LogP contribution in [0.3, 0.4) is 0 Å². The Morgan fingerprint density at radius 3 is 2.61 bits per heavy atom. The van der Waals surface area contributed by atoms with Crippen molar-refractivity contribution >= 4 is 0 Å². The fraction of sp³-hybridized carbons (Fsp3) is 0.167. The number of methoxy groups -OCH3 is 1. The molecule has 6 heteroatoms. The van der Waals surface area contributed by atoms with Crippen molar-refractivity contribution < 1.29 is 18.6 Å². The zero-order valence-electron chi connectivity index (χ0n) is 9.47. The SMILES string of the molecule is COc1ccccc1C(O)c1cnc(F)nc1F. The summed E-state index contributed by atoms with van der Waals surface area (Å²) in [6.45, 7) is 0. The highest BCUT2D eigenvalue weighted by atomic mass is 19.1. The van der Waals surface area contributed by atoms with Gasteiger partial charge in [-0.15, -0.1) is 0 Å². The first-order valence-electron chi connectivity index (χ1n) is 5.12. The summed E-state index contributed by atoms with van der Waals surface area (Å²) < 4.78 is 31.1. The van der Waals surface area contributed by atoms with E-state index in [1.165, 1.54) is 7.11 Å². The Balaban J connectivity index is 2.44. The van der Waals surface area contributed by atoms with Crippen molar-refractivity contribution in [2.24, 2.45) is 0 Å². The zero-order valence-corrected chi connectivity index (χ0v) is 9.47. The van der Waals surface area contributed by atoms with Gasteiger partial charge in [0.1, 0.15) is 11.9 Å². The fourth-order valence-corrected chi connectivity index (χ4v) is 1.59. The summed E-state index contributed by atoms with van der Waals surface area (Å²) in [5.74, 6) is -0.699. The topological polar surface area (TPSA) is 55.2 Å². The minimum Gasteiger partial charge on any atom is -0.496 e. The number of halogens is 2. The van der Waals surface area contributed by atoms with Gasteiger partial charge >= 0.3 is 6.08 Å². The monoisotopic (exact) mass is 252 g/mol. The number of para-hydroxylation sites is 1. The van der Waals surface area contributed by atoms with Crippen LogP contribution in [0.4, 0.5) is 8.78 Å². The quantitative estimate of drug-likeness (QED) is 0.669. The minimum atomic E-state index is -1.32. The molecule has 0 fully saturated rings. The lowest BCUT2D eigenvalue weighted by Crippen LogP contribution is -2.08. The number of benzene rings is 1. The first kappa shape index (κ1) is 12.4. The lowest BCUT2D eigenvalue weighted by Gasteiger charge is -2.14. The van der Waals surface area contributed by atoms with Gasteiger partial charge in [0.2, 0.25) is 5.95 Å². The second-order valence-electron chi connectivity index (χ2n) is 3.53. The van der Waals surface area contributed by atoms with E-state index < -0.39 is 18.1 Å². The van der Waals surface area contributed by atoms with Gasteiger partial charge in [-0.1, -0.05) is 18.2 Å². The molecule has 4 nitrogen and oxygen atoms in total. The second kappa shape index (κ2) is 5.05. The average Bonchev–Trinajstić information content (AvgIpc) is 2.38. The molecule has 1 aromatic heterocycles. The number of aliphatic hydroxyl groups is 1. The maximum atomic E-state index is 13.4. The van der Waals surface area contributed by atoms with Crippen LogP contribution in [0.15, 0.2) is 30.5 Å². The lowest BCUT2D eigenvalue weighted by molar-refractivity contribution is 0.206. The summed E-state index contributed by atoms with van der Waals surface area (Å²) in [6.07, 6.45) is -1.58. The Hall–Kier alpha value is -2.08. The van der Waals surface area contributed by atoms with Gasteiger partial charge in [-0.25, -0.2) is 4.98 Å². The smallest absolute Gasteiger partial charge is 0.311 e. The summed E-state index contributed by atoms with van der Waals surface area (Å²) in [7, 11) is 1.43. The molecule has 0 spiro atoms. The van der Waals surface area contributed by atoms with Gasteiger partial charge in [0.15, 0.2) is 0 Å². The largest absolute Gasteiger partial charge is 0.496 e. The minimum absolute atomic E-state index is 0.207. The number of rotatable bonds is 3. The standard InChI is InChI=1S/C12H10F2N2O2/c1-18-9-5-3-2-4-7(9)10(17)8-6-15-12(14)16-11(8)13/h2-6,10,17H,1H3. The summed E-state index contributed by atoms with van der Waals surface area (Å²) in [5, 5.41) is 10.1. The third-order valence-electron chi connectivity index (χ3n) is 2.47. The number of nitrogens with zero attached hydrogens (tertiary/aromatic N) is 2. The van der Waals surface area contributed by atoms with Gasteiger partial charge in [0.05, 0.1) is 12.7 Å². The number of hydrogen-bond donors (Lipinski definition) is 1. The van der Waals surface area contributed by atoms with Crippen molar-refractivity contribution in [2.45, 2.75) is 6.10 Å². The van der Waals surface area contributed by atoms with Crippen LogP contribution < -0.4 is 4.74 Å². The van der Waals surface area contributed by atoms with Crippen LogP contribution in [0.25, 0.3) is 0 Å². The molecule has 2 aromatic rings. The third kappa shape index (κ3) is 2.28. The molecule has 0 amide bonds. The molecule has 0 aliphatic rings. The summed E-state index contributed by atoms with van der Waals surface area (Å²) in [5.41, 5.74) is 0.148. The summed E-state index contributed by atoms with van der Waals surface area (Å²) in [4.78, 5) is 6.15. The van der Waals surface area contributed by atoms with Crippen molar-refractivity contribution in [1.82, 2.24) is 9.97 Å². The van der Waals surface area contributed by atoms with E-state index >= 15 is 0 Å². The molecular formula is C12H10F2N2O2. The van der Waals surface area contributed by atoms with Gasteiger partial charge in [-0.05, 0) is 6.07 Å². The number of hydrogen-bond acceptors (Lipinski definition) is 4. The highest BCUT2D eigenvalue weighted by Gasteiger charge is 2.20. The molecule has 0 aliphatic heterocycles. The van der Waals surface area contributed by atoms with Crippen LogP contribution in [-0.4, -0.2) is 22.2 Å². The maximum absolute atomic E-state index is 13.4. The fourth-order valence-electron chi connectivity index (χ4n) is 1.59. The first-order valence-corrected chi connectivity index (χ1v) is 5.12. The molecule has 0 radical (unpaired) electrons.